The average molecular weight is 286 g/mol. The molecule has 2 aromatic heterocycles. The second-order valence-electron chi connectivity index (χ2n) is 4.60. The summed E-state index contributed by atoms with van der Waals surface area (Å²) in [6, 6.07) is 8.36. The number of hydrogen-bond donors (Lipinski definition) is 1. The molecular formula is C14H14N4O3. The summed E-state index contributed by atoms with van der Waals surface area (Å²) in [5, 5.41) is 22.7. The summed E-state index contributed by atoms with van der Waals surface area (Å²) < 4.78 is 5.25. The smallest absolute Gasteiger partial charge is 0.305 e. The van der Waals surface area contributed by atoms with Crippen molar-refractivity contribution in [2.75, 3.05) is 5.32 Å². The fourth-order valence-corrected chi connectivity index (χ4v) is 1.90. The van der Waals surface area contributed by atoms with Gasteiger partial charge >= 0.3 is 5.69 Å². The highest BCUT2D eigenvalue weighted by Gasteiger charge is 2.16. The lowest BCUT2D eigenvalue weighted by molar-refractivity contribution is -0.385. The molecule has 0 spiro atoms. The Morgan fingerprint density at radius 2 is 2.33 bits per heavy atom. The largest absolute Gasteiger partial charge is 0.469 e. The van der Waals surface area contributed by atoms with E-state index in [0.717, 1.165) is 18.6 Å². The number of nitrogens with one attached hydrogen (secondary N) is 1. The molecule has 108 valence electrons. The zero-order chi connectivity index (χ0) is 15.2. The van der Waals surface area contributed by atoms with Gasteiger partial charge in [0.15, 0.2) is 0 Å². The number of rotatable bonds is 6. The molecule has 0 amide bonds. The van der Waals surface area contributed by atoms with Crippen LogP contribution in [-0.2, 0) is 6.42 Å². The molecule has 7 heteroatoms. The second-order valence-corrected chi connectivity index (χ2v) is 4.60. The molecule has 0 radical (unpaired) electrons. The summed E-state index contributed by atoms with van der Waals surface area (Å²) in [5.74, 6) is 1.35. The maximum Gasteiger partial charge on any atom is 0.305 e. The van der Waals surface area contributed by atoms with Crippen molar-refractivity contribution in [2.24, 2.45) is 0 Å². The third kappa shape index (κ3) is 3.79. The van der Waals surface area contributed by atoms with E-state index in [1.165, 1.54) is 12.1 Å². The van der Waals surface area contributed by atoms with E-state index >= 15 is 0 Å². The molecule has 0 aliphatic rings. The van der Waals surface area contributed by atoms with Crippen molar-refractivity contribution in [1.82, 2.24) is 4.98 Å². The van der Waals surface area contributed by atoms with Crippen LogP contribution in [0.3, 0.4) is 0 Å². The number of nitriles is 1. The normalized spacial score (nSPS) is 11.6. The van der Waals surface area contributed by atoms with Crippen molar-refractivity contribution >= 4 is 11.5 Å². The maximum absolute atomic E-state index is 10.7. The van der Waals surface area contributed by atoms with Crippen LogP contribution in [0.5, 0.6) is 0 Å². The molecular weight excluding hydrogens is 272 g/mol. The van der Waals surface area contributed by atoms with Gasteiger partial charge in [-0.15, -0.1) is 0 Å². The van der Waals surface area contributed by atoms with Crippen LogP contribution < -0.4 is 5.32 Å². The van der Waals surface area contributed by atoms with Gasteiger partial charge in [0.1, 0.15) is 17.6 Å². The Labute approximate surface area is 121 Å². The number of furan rings is 1. The molecule has 1 unspecified atom stereocenters. The number of aryl methyl sites for hydroxylation is 1. The monoisotopic (exact) mass is 286 g/mol. The van der Waals surface area contributed by atoms with Gasteiger partial charge in [-0.05, 0) is 31.5 Å². The number of aromatic nitrogens is 1. The van der Waals surface area contributed by atoms with Crippen LogP contribution in [-0.4, -0.2) is 15.9 Å². The first-order valence-corrected chi connectivity index (χ1v) is 6.44. The first-order valence-electron chi connectivity index (χ1n) is 6.44. The van der Waals surface area contributed by atoms with Crippen molar-refractivity contribution < 1.29 is 9.34 Å². The van der Waals surface area contributed by atoms with E-state index in [4.69, 9.17) is 9.68 Å². The third-order valence-electron chi connectivity index (χ3n) is 2.97. The summed E-state index contributed by atoms with van der Waals surface area (Å²) in [4.78, 5) is 14.1. The number of pyridine rings is 1. The SMILES string of the molecule is CC(CCc1ccco1)Nc1ccc([N+](=O)[O-])c(C#N)n1. The van der Waals surface area contributed by atoms with Crippen molar-refractivity contribution in [2.45, 2.75) is 25.8 Å². The van der Waals surface area contributed by atoms with Gasteiger partial charge in [-0.2, -0.15) is 5.26 Å². The Bertz CT molecular complexity index is 661. The first-order chi connectivity index (χ1) is 10.1. The zero-order valence-corrected chi connectivity index (χ0v) is 11.4. The Kier molecular flexibility index (Phi) is 4.51. The molecule has 0 aliphatic carbocycles. The summed E-state index contributed by atoms with van der Waals surface area (Å²) in [5.41, 5.74) is -0.477. The lowest BCUT2D eigenvalue weighted by Crippen LogP contribution is -2.17. The van der Waals surface area contributed by atoms with Crippen LogP contribution in [0.2, 0.25) is 0 Å². The lowest BCUT2D eigenvalue weighted by atomic mass is 10.1. The van der Waals surface area contributed by atoms with Gasteiger partial charge in [0, 0.05) is 18.5 Å². The van der Waals surface area contributed by atoms with Gasteiger partial charge in [-0.25, -0.2) is 4.98 Å². The van der Waals surface area contributed by atoms with Crippen molar-refractivity contribution in [1.29, 1.82) is 5.26 Å². The third-order valence-corrected chi connectivity index (χ3v) is 2.97. The Morgan fingerprint density at radius 1 is 1.52 bits per heavy atom. The van der Waals surface area contributed by atoms with E-state index in [9.17, 15) is 10.1 Å². The molecule has 1 atom stereocenters. The molecule has 2 heterocycles. The molecule has 21 heavy (non-hydrogen) atoms. The van der Waals surface area contributed by atoms with Crippen molar-refractivity contribution in [3.05, 3.63) is 52.1 Å². The standard InChI is InChI=1S/C14H14N4O3/c1-10(4-5-11-3-2-8-21-11)16-14-7-6-13(18(19)20)12(9-15)17-14/h2-3,6-8,10H,4-5H2,1H3,(H,16,17). The highest BCUT2D eigenvalue weighted by atomic mass is 16.6. The Morgan fingerprint density at radius 3 is 2.95 bits per heavy atom. The Balaban J connectivity index is 1.99. The number of anilines is 1. The molecule has 0 aromatic carbocycles. The van der Waals surface area contributed by atoms with Crippen molar-refractivity contribution in [3.8, 4) is 6.07 Å². The van der Waals surface area contributed by atoms with E-state index in [1.54, 1.807) is 12.3 Å². The van der Waals surface area contributed by atoms with Gasteiger partial charge in [0.25, 0.3) is 0 Å². The number of hydrogen-bond acceptors (Lipinski definition) is 6. The van der Waals surface area contributed by atoms with Crippen LogP contribution in [0, 0.1) is 21.4 Å². The van der Waals surface area contributed by atoms with E-state index in [0.29, 0.717) is 5.82 Å². The molecule has 0 saturated carbocycles. The van der Waals surface area contributed by atoms with Crippen LogP contribution in [0.1, 0.15) is 24.8 Å². The summed E-state index contributed by atoms with van der Waals surface area (Å²) in [6.07, 6.45) is 3.22. The first kappa shape index (κ1) is 14.5. The van der Waals surface area contributed by atoms with E-state index in [-0.39, 0.29) is 17.4 Å². The fourth-order valence-electron chi connectivity index (χ4n) is 1.90. The van der Waals surface area contributed by atoms with E-state index in [1.807, 2.05) is 19.1 Å². The predicted molar refractivity (Wildman–Crippen MR) is 75.7 cm³/mol. The quantitative estimate of drug-likeness (QED) is 0.646. The molecule has 1 N–H and O–H groups in total. The fraction of sp³-hybridized carbons (Fsp3) is 0.286. The maximum atomic E-state index is 10.7. The highest BCUT2D eigenvalue weighted by molar-refractivity contribution is 5.50. The minimum atomic E-state index is -0.615. The van der Waals surface area contributed by atoms with Gasteiger partial charge in [0.2, 0.25) is 5.69 Å². The Hall–Kier alpha value is -2.88. The van der Waals surface area contributed by atoms with Gasteiger partial charge in [-0.3, -0.25) is 10.1 Å². The minimum absolute atomic E-state index is 0.0931. The molecule has 0 bridgehead atoms. The van der Waals surface area contributed by atoms with Crippen LogP contribution >= 0.6 is 0 Å². The minimum Gasteiger partial charge on any atom is -0.469 e. The second kappa shape index (κ2) is 6.52. The summed E-state index contributed by atoms with van der Waals surface area (Å²) in [6.45, 7) is 1.97. The van der Waals surface area contributed by atoms with Crippen LogP contribution in [0.15, 0.2) is 34.9 Å². The van der Waals surface area contributed by atoms with Gasteiger partial charge in [-0.1, -0.05) is 0 Å². The lowest BCUT2D eigenvalue weighted by Gasteiger charge is -2.13. The topological polar surface area (TPSA) is 105 Å². The van der Waals surface area contributed by atoms with E-state index in [2.05, 4.69) is 10.3 Å². The van der Waals surface area contributed by atoms with Crippen LogP contribution in [0.4, 0.5) is 11.5 Å². The van der Waals surface area contributed by atoms with Gasteiger partial charge in [0.05, 0.1) is 11.2 Å². The van der Waals surface area contributed by atoms with Crippen molar-refractivity contribution in [3.63, 3.8) is 0 Å². The molecule has 2 aromatic rings. The number of nitro groups is 1. The molecule has 7 nitrogen and oxygen atoms in total. The predicted octanol–water partition coefficient (Wildman–Crippen LogP) is 2.89. The number of nitrogens with zero attached hydrogens (tertiary/aromatic N) is 3. The summed E-state index contributed by atoms with van der Waals surface area (Å²) >= 11 is 0. The van der Waals surface area contributed by atoms with Gasteiger partial charge < -0.3 is 9.73 Å². The highest BCUT2D eigenvalue weighted by Crippen LogP contribution is 2.19. The van der Waals surface area contributed by atoms with Crippen LogP contribution in [0.25, 0.3) is 0 Å². The molecule has 2 rings (SSSR count). The molecule has 0 aliphatic heterocycles. The zero-order valence-electron chi connectivity index (χ0n) is 11.4. The van der Waals surface area contributed by atoms with E-state index < -0.39 is 4.92 Å². The molecule has 0 saturated heterocycles. The summed E-state index contributed by atoms with van der Waals surface area (Å²) in [7, 11) is 0. The average Bonchev–Trinajstić information content (AvgIpc) is 2.98. The molecule has 0 fully saturated rings.